The van der Waals surface area contributed by atoms with Gasteiger partial charge in [-0.25, -0.2) is 18.0 Å². The van der Waals surface area contributed by atoms with Crippen molar-refractivity contribution in [2.45, 2.75) is 223 Å². The number of benzene rings is 6. The van der Waals surface area contributed by atoms with Crippen LogP contribution in [0, 0.1) is 47.3 Å². The number of hydrogen-bond donors (Lipinski definition) is 12. The number of rotatable bonds is 45. The summed E-state index contributed by atoms with van der Waals surface area (Å²) in [4.78, 5) is 41.7. The fourth-order valence-electron chi connectivity index (χ4n) is 16.6. The van der Waals surface area contributed by atoms with Gasteiger partial charge >= 0.3 is 12.2 Å². The maximum Gasteiger partial charge on any atom is 0.407 e. The molecule has 0 aliphatic carbocycles. The first-order valence-electron chi connectivity index (χ1n) is 47.8. The average Bonchev–Trinajstić information content (AvgIpc) is 1.67. The molecule has 0 bridgehead atoms. The number of sulfone groups is 1. The number of likely N-dealkylation sites (N-methyl/N-ethyl adjacent to an activating group) is 3. The summed E-state index contributed by atoms with van der Waals surface area (Å²) >= 11 is 0. The third-order valence-electron chi connectivity index (χ3n) is 23.4. The molecular weight excluding hydrogens is 1870 g/mol. The molecule has 21 atom stereocenters. The molecule has 6 aliphatic rings. The van der Waals surface area contributed by atoms with Crippen LogP contribution < -0.4 is 41.9 Å². The van der Waals surface area contributed by atoms with Gasteiger partial charge in [-0.05, 0) is 167 Å². The average molecular weight is 2030 g/mol. The van der Waals surface area contributed by atoms with Crippen molar-refractivity contribution in [3.05, 3.63) is 204 Å². The molecule has 761 valence electrons. The summed E-state index contributed by atoms with van der Waals surface area (Å²) < 4.78 is 75.3. The standard InChI is InChI=1S/C22H34N2O5.C21H32N2O5.C15H27N2OP.C15H26N2O.C14H25N2OP.C8H10O3S.C7H9O4.Y/c1-15(2)12-24(3)13-19(25)18(11-16-7-5-4-6-8-16)23-22(26)29-20-14-28-21-17(20)9-10-27-21;1-14(2)11-22-12-18(24)17(10-15-6-4-3-5-7-15)23-21(25)28-19-13-27-20-16(19)8-9-26-20;1-12(2)10-17(3)11-15(18)14(16-19)9-13-7-5-4-6-8-13;1-12(2)10-17(3)11-15(18)14(16)9-13-7-5-4-6-8-13;1-11(2)9-15-10-14(17)13(16-18)8-12-6-4-3-5-7-12;1-11-7-3-5-8(6-4-7)12(2,9)10;8-4-11-6-3-10-7-5(6)1-2-9-7;/h4-8,15,17-21,25H,9-14H2,1-3H3,(H,23,26);3-7,14,16-20,22,24H,8-13H2,1-2H3,(H,23,25);4-8,12,14-16,18H,9-11,19H2,1-3H3;4-8,12,14-15,18H,9-11,16H2,1-3H3;3-7,11,13-17H,8-10,18H2,1-2H3;3-6H,1-2H3;5-7H,1-3H2;/q;;;;;;-1;/t17?,18-,19+,20-,21?;16?,17-,18+,19-,20?;2*14-,15+;13-,14+;;5?,6-,7?;/m00000.0./s1. The number of nitrogens with one attached hydrogen (secondary N) is 6. The Balaban J connectivity index is 0.000000286. The first-order chi connectivity index (χ1) is 64.5. The number of alkyl carbamates (subject to hydrolysis) is 2. The maximum atomic E-state index is 12.6. The van der Waals surface area contributed by atoms with Crippen LogP contribution in [0.15, 0.2) is 181 Å². The Bertz CT molecular complexity index is 4230. The Morgan fingerprint density at radius 1 is 0.426 bits per heavy atom. The Morgan fingerprint density at radius 3 is 1.05 bits per heavy atom. The number of fused-ring (bicyclic) bond motifs is 3. The summed E-state index contributed by atoms with van der Waals surface area (Å²) in [6, 6.07) is 55.5. The zero-order valence-corrected chi connectivity index (χ0v) is 89.0. The second-order valence-corrected chi connectivity index (χ2v) is 40.8. The number of methoxy groups -OCH3 is 1. The summed E-state index contributed by atoms with van der Waals surface area (Å²) in [5.41, 5.74) is 11.8. The van der Waals surface area contributed by atoms with Crippen LogP contribution in [0.1, 0.15) is 116 Å². The summed E-state index contributed by atoms with van der Waals surface area (Å²) in [6.07, 6.45) is 2.06. The monoisotopic (exact) mass is 2030 g/mol. The molecule has 6 fully saturated rings. The van der Waals surface area contributed by atoms with E-state index >= 15 is 0 Å². The molecule has 6 aromatic rings. The summed E-state index contributed by atoms with van der Waals surface area (Å²) in [5.74, 6) is 3.89. The van der Waals surface area contributed by atoms with Gasteiger partial charge in [-0.1, -0.05) is 246 Å². The van der Waals surface area contributed by atoms with E-state index in [2.05, 4.69) is 165 Å². The second-order valence-electron chi connectivity index (χ2n) is 38.1. The number of aliphatic hydroxyl groups is 5. The molecular formula is C102H163N10O20P2SY-. The van der Waals surface area contributed by atoms with E-state index in [9.17, 15) is 48.3 Å². The number of nitrogens with zero attached hydrogens (tertiary/aromatic N) is 3. The molecule has 13 N–H and O–H groups in total. The van der Waals surface area contributed by atoms with Crippen LogP contribution in [0.25, 0.3) is 0 Å². The fourth-order valence-corrected chi connectivity index (χ4v) is 17.9. The molecule has 136 heavy (non-hydrogen) atoms. The van der Waals surface area contributed by atoms with Crippen LogP contribution in [0.5, 0.6) is 5.75 Å². The number of amides is 2. The predicted octanol–water partition coefficient (Wildman–Crippen LogP) is 9.67. The molecule has 6 heterocycles. The van der Waals surface area contributed by atoms with Crippen molar-refractivity contribution >= 4 is 47.3 Å². The first-order valence-corrected chi connectivity index (χ1v) is 50.8. The van der Waals surface area contributed by atoms with E-state index < -0.39 is 52.4 Å². The summed E-state index contributed by atoms with van der Waals surface area (Å²) in [6.45, 7) is 33.6. The molecule has 6 saturated heterocycles. The topological polar surface area (TPSA) is 387 Å². The van der Waals surface area contributed by atoms with Gasteiger partial charge in [-0.15, -0.1) is 0 Å². The van der Waals surface area contributed by atoms with Crippen molar-refractivity contribution in [1.82, 2.24) is 46.1 Å². The van der Waals surface area contributed by atoms with E-state index in [4.69, 9.17) is 53.1 Å². The first kappa shape index (κ1) is 121. The summed E-state index contributed by atoms with van der Waals surface area (Å²) in [7, 11) is 9.55. The van der Waals surface area contributed by atoms with E-state index in [1.54, 1.807) is 12.1 Å². The largest absolute Gasteiger partial charge is 0.649 e. The number of nitrogens with two attached hydrogens (primary N) is 1. The van der Waals surface area contributed by atoms with E-state index in [1.165, 1.54) is 48.7 Å². The van der Waals surface area contributed by atoms with Gasteiger partial charge in [-0.2, -0.15) is 0 Å². The van der Waals surface area contributed by atoms with Gasteiger partial charge in [0.05, 0.1) is 112 Å². The Labute approximate surface area is 841 Å². The van der Waals surface area contributed by atoms with Crippen LogP contribution in [0.2, 0.25) is 0 Å². The molecule has 6 aliphatic heterocycles. The quantitative estimate of drug-likeness (QED) is 0.00961. The van der Waals surface area contributed by atoms with Gasteiger partial charge in [0.2, 0.25) is 0 Å². The van der Waals surface area contributed by atoms with E-state index in [1.807, 2.05) is 141 Å². The molecule has 30 nitrogen and oxygen atoms in total. The number of ether oxygens (including phenoxy) is 10. The Morgan fingerprint density at radius 2 is 0.728 bits per heavy atom. The van der Waals surface area contributed by atoms with E-state index in [0.29, 0.717) is 125 Å². The minimum atomic E-state index is -3.08. The number of aliphatic hydroxyl groups excluding tert-OH is 5. The molecule has 8 unspecified atom stereocenters. The number of carbonyl (C=O) groups excluding carboxylic acids is 3. The number of hydrogen-bond acceptors (Lipinski definition) is 28. The fraction of sp³-hybridized carbons (Fsp3) is 0.618. The molecule has 0 saturated carbocycles. The molecule has 34 heteroatoms. The third kappa shape index (κ3) is 47.9. The molecule has 0 aromatic heterocycles. The predicted molar refractivity (Wildman–Crippen MR) is 537 cm³/mol. The summed E-state index contributed by atoms with van der Waals surface area (Å²) in [5, 5.41) is 70.7. The van der Waals surface area contributed by atoms with E-state index in [-0.39, 0.29) is 118 Å². The SMILES string of the molecule is CC(C)CN(C)C[C@@H](O)[C@@H](N)Cc1ccccc1.CC(C)CN(C)C[C@@H](O)[C@H](Cc1ccccc1)NC(=O)O[C@H]1COC2OCCC21.CC(C)CN(C)C[C@@H](O)[C@H](Cc1ccccc1)NP.CC(C)CNC[C@@H](O)[C@H](Cc1ccccc1)NC(=O)O[C@H]1COC2OCCC21.CC(C)CNC[C@@H](O)[C@H](Cc1ccccc1)NP.COc1ccc(S(C)(=O)=O)cc1.O=[C-]O[C@H]1COC2OCCC21.[Y]. The van der Waals surface area contributed by atoms with Crippen molar-refractivity contribution in [2.75, 3.05) is 140 Å². The van der Waals surface area contributed by atoms with Gasteiger partial charge < -0.3 is 119 Å². The van der Waals surface area contributed by atoms with Crippen molar-refractivity contribution in [1.29, 1.82) is 0 Å². The molecule has 2 amide bonds. The normalized spacial score (nSPS) is 21.3. The van der Waals surface area contributed by atoms with Crippen molar-refractivity contribution in [3.8, 4) is 5.75 Å². The van der Waals surface area contributed by atoms with Crippen molar-refractivity contribution in [3.63, 3.8) is 0 Å². The second kappa shape index (κ2) is 66.9. The van der Waals surface area contributed by atoms with Gasteiger partial charge in [-0.3, -0.25) is 10.2 Å². The smallest absolute Gasteiger partial charge is 0.407 e. The van der Waals surface area contributed by atoms with Gasteiger partial charge in [0.15, 0.2) is 28.7 Å². The molecule has 1 radical (unpaired) electrons. The third-order valence-corrected chi connectivity index (χ3v) is 25.4. The van der Waals surface area contributed by atoms with Crippen LogP contribution in [0.4, 0.5) is 9.59 Å². The minimum Gasteiger partial charge on any atom is -0.649 e. The van der Waals surface area contributed by atoms with Crippen LogP contribution in [0.3, 0.4) is 0 Å². The molecule has 0 spiro atoms. The maximum absolute atomic E-state index is 12.6. The van der Waals surface area contributed by atoms with Crippen LogP contribution in [-0.2, 0) is 122 Å². The van der Waals surface area contributed by atoms with E-state index in [0.717, 1.165) is 82.4 Å². The van der Waals surface area contributed by atoms with Gasteiger partial charge in [0.1, 0.15) is 18.0 Å². The number of carbonyl (C=O) groups is 2. The van der Waals surface area contributed by atoms with Gasteiger partial charge in [0.25, 0.3) is 0 Å². The van der Waals surface area contributed by atoms with Crippen molar-refractivity contribution in [2.24, 2.45) is 53.1 Å². The molecule has 12 rings (SSSR count). The zero-order chi connectivity index (χ0) is 98.8. The Hall–Kier alpha value is -5.72. The Kier molecular flexibility index (Phi) is 59.4. The van der Waals surface area contributed by atoms with Crippen LogP contribution >= 0.6 is 18.8 Å². The molecule has 6 aromatic carbocycles. The van der Waals surface area contributed by atoms with Gasteiger partial charge in [0, 0.05) is 115 Å². The zero-order valence-electron chi connectivity index (χ0n) is 83.0. The van der Waals surface area contributed by atoms with Crippen molar-refractivity contribution < 1.29 is 128 Å². The minimum absolute atomic E-state index is 0. The van der Waals surface area contributed by atoms with Crippen LogP contribution in [-0.4, -0.2) is 305 Å².